The number of aliphatic hydroxyl groups is 1. The predicted molar refractivity (Wildman–Crippen MR) is 204 cm³/mol. The van der Waals surface area contributed by atoms with Gasteiger partial charge in [-0.05, 0) is 122 Å². The highest BCUT2D eigenvalue weighted by Crippen LogP contribution is 2.77. The SMILES string of the molecule is C=C(C)[C@@H]1CCC2(COC(O)C[N+]3(C)CCOCC3)CC[C@]3(C)C(CCC4[C@@]5(C)CC[C@H](OC(=O)C[N+]6(C)CCOCC6)C(C)(C)C5CC[C@]43C)C12. The maximum atomic E-state index is 13.5. The van der Waals surface area contributed by atoms with Gasteiger partial charge in [-0.25, -0.2) is 4.79 Å². The van der Waals surface area contributed by atoms with Gasteiger partial charge in [0.25, 0.3) is 0 Å². The number of esters is 1. The standard InChI is InChI=1S/C44H76N2O6/c1-31(2)32-12-17-44(30-51-37(47)28-45(8)20-24-49-25-21-45)19-18-42(6)33(39(32)44)10-11-35-41(5)15-14-36(40(3,4)34(41)13-16-43(35,42)7)52-38(48)29-46(9)22-26-50-27-23-46/h32-37,39,47H,1,10-30H2,2-9H3/q+2/t32-,33?,34?,35?,36-,37?,39?,41-,42+,43+,44?/m0/s1. The third-order valence-corrected chi connectivity index (χ3v) is 18.2. The fourth-order valence-electron chi connectivity index (χ4n) is 14.8. The summed E-state index contributed by atoms with van der Waals surface area (Å²) < 4.78 is 25.8. The number of likely N-dealkylation sites (N-methyl/N-ethyl adjacent to an activating group) is 2. The molecule has 0 aromatic heterocycles. The molecule has 0 aromatic carbocycles. The minimum Gasteiger partial charge on any atom is -0.458 e. The van der Waals surface area contributed by atoms with Crippen LogP contribution < -0.4 is 0 Å². The molecule has 8 nitrogen and oxygen atoms in total. The van der Waals surface area contributed by atoms with E-state index >= 15 is 0 Å². The average molecular weight is 729 g/mol. The molecule has 0 aromatic rings. The van der Waals surface area contributed by atoms with E-state index in [9.17, 15) is 9.90 Å². The maximum Gasteiger partial charge on any atom is 0.362 e. The van der Waals surface area contributed by atoms with Crippen molar-refractivity contribution in [1.29, 1.82) is 0 Å². The lowest BCUT2D eigenvalue weighted by atomic mass is 9.32. The van der Waals surface area contributed by atoms with Crippen molar-refractivity contribution in [2.45, 2.75) is 118 Å². The fraction of sp³-hybridized carbons (Fsp3) is 0.932. The Kier molecular flexibility index (Phi) is 10.5. The van der Waals surface area contributed by atoms with E-state index in [-0.39, 0.29) is 39.1 Å². The van der Waals surface area contributed by atoms with Gasteiger partial charge in [-0.3, -0.25) is 0 Å². The second-order valence-corrected chi connectivity index (χ2v) is 21.4. The number of hydrogen-bond donors (Lipinski definition) is 1. The predicted octanol–water partition coefficient (Wildman–Crippen LogP) is 6.84. The topological polar surface area (TPSA) is 74.2 Å². The van der Waals surface area contributed by atoms with Crippen LogP contribution in [0.3, 0.4) is 0 Å². The summed E-state index contributed by atoms with van der Waals surface area (Å²) in [6, 6.07) is 0. The van der Waals surface area contributed by atoms with Gasteiger partial charge in [-0.1, -0.05) is 46.8 Å². The van der Waals surface area contributed by atoms with Crippen LogP contribution in [0.25, 0.3) is 0 Å². The van der Waals surface area contributed by atoms with Crippen molar-refractivity contribution in [2.24, 2.45) is 56.7 Å². The van der Waals surface area contributed by atoms with E-state index in [2.05, 4.69) is 62.2 Å². The molecule has 0 radical (unpaired) electrons. The van der Waals surface area contributed by atoms with Gasteiger partial charge in [0.05, 0.1) is 47.1 Å². The lowest BCUT2D eigenvalue weighted by Crippen LogP contribution is -2.67. The largest absolute Gasteiger partial charge is 0.458 e. The number of carbonyl (C=O) groups excluding carboxylic acids is 1. The summed E-state index contributed by atoms with van der Waals surface area (Å²) in [6.07, 6.45) is 11.3. The van der Waals surface area contributed by atoms with Crippen LogP contribution >= 0.6 is 0 Å². The van der Waals surface area contributed by atoms with Crippen LogP contribution in [0.5, 0.6) is 0 Å². The molecule has 0 amide bonds. The summed E-state index contributed by atoms with van der Waals surface area (Å²) in [7, 11) is 4.41. The Morgan fingerprint density at radius 2 is 1.46 bits per heavy atom. The number of allylic oxidation sites excluding steroid dienone is 1. The van der Waals surface area contributed by atoms with E-state index < -0.39 is 6.29 Å². The number of rotatable bonds is 9. The molecule has 5 saturated carbocycles. The molecule has 2 aliphatic heterocycles. The second kappa shape index (κ2) is 13.9. The molecule has 2 heterocycles. The second-order valence-electron chi connectivity index (χ2n) is 21.4. The van der Waals surface area contributed by atoms with E-state index in [1.807, 2.05) is 0 Å². The normalized spacial score (nSPS) is 45.4. The molecular formula is C44H76N2O6+2. The van der Waals surface area contributed by atoms with Crippen LogP contribution in [0.4, 0.5) is 0 Å². The highest BCUT2D eigenvalue weighted by atomic mass is 16.6. The molecule has 52 heavy (non-hydrogen) atoms. The van der Waals surface area contributed by atoms with Crippen molar-refractivity contribution in [3.8, 4) is 0 Å². The van der Waals surface area contributed by atoms with Crippen molar-refractivity contribution in [1.82, 2.24) is 0 Å². The first-order chi connectivity index (χ1) is 24.4. The summed E-state index contributed by atoms with van der Waals surface area (Å²) in [5.41, 5.74) is 2.17. The minimum absolute atomic E-state index is 0.0182. The summed E-state index contributed by atoms with van der Waals surface area (Å²) >= 11 is 0. The summed E-state index contributed by atoms with van der Waals surface area (Å²) in [6.45, 7) is 28.1. The van der Waals surface area contributed by atoms with Gasteiger partial charge in [-0.2, -0.15) is 0 Å². The Hall–Kier alpha value is -1.03. The third-order valence-electron chi connectivity index (χ3n) is 18.2. The number of aliphatic hydroxyl groups excluding tert-OH is 1. The van der Waals surface area contributed by atoms with Crippen molar-refractivity contribution in [2.75, 3.05) is 86.4 Å². The molecular weight excluding hydrogens is 652 g/mol. The van der Waals surface area contributed by atoms with Crippen molar-refractivity contribution in [3.05, 3.63) is 12.2 Å². The van der Waals surface area contributed by atoms with Crippen molar-refractivity contribution >= 4 is 5.97 Å². The number of morpholine rings is 2. The first kappa shape index (κ1) is 39.2. The lowest BCUT2D eigenvalue weighted by molar-refractivity contribution is -0.922. The van der Waals surface area contributed by atoms with Gasteiger partial charge < -0.3 is 33.0 Å². The number of ether oxygens (including phenoxy) is 4. The molecule has 0 bridgehead atoms. The lowest BCUT2D eigenvalue weighted by Gasteiger charge is -2.73. The van der Waals surface area contributed by atoms with E-state index in [1.54, 1.807) is 0 Å². The van der Waals surface area contributed by atoms with Crippen LogP contribution in [0.15, 0.2) is 12.2 Å². The number of quaternary nitrogens is 2. The zero-order valence-corrected chi connectivity index (χ0v) is 34.5. The molecule has 6 unspecified atom stereocenters. The highest BCUT2D eigenvalue weighted by molar-refractivity contribution is 5.71. The van der Waals surface area contributed by atoms with Crippen LogP contribution in [-0.2, 0) is 23.7 Å². The van der Waals surface area contributed by atoms with Crippen LogP contribution in [-0.4, -0.2) is 119 Å². The maximum absolute atomic E-state index is 13.5. The number of carbonyl (C=O) groups is 1. The Balaban J connectivity index is 1.08. The average Bonchev–Trinajstić information content (AvgIpc) is 3.46. The van der Waals surface area contributed by atoms with E-state index in [0.29, 0.717) is 49.3 Å². The number of fused-ring (bicyclic) bond motifs is 7. The van der Waals surface area contributed by atoms with Crippen LogP contribution in [0.2, 0.25) is 0 Å². The highest BCUT2D eigenvalue weighted by Gasteiger charge is 2.71. The Morgan fingerprint density at radius 1 is 0.808 bits per heavy atom. The monoisotopic (exact) mass is 729 g/mol. The van der Waals surface area contributed by atoms with E-state index in [1.165, 1.54) is 56.9 Å². The molecule has 7 rings (SSSR count). The molecule has 0 spiro atoms. The van der Waals surface area contributed by atoms with Crippen molar-refractivity contribution in [3.63, 3.8) is 0 Å². The molecule has 2 saturated heterocycles. The van der Waals surface area contributed by atoms with Gasteiger partial charge in [0.15, 0.2) is 6.54 Å². The summed E-state index contributed by atoms with van der Waals surface area (Å²) in [5, 5.41) is 11.3. The van der Waals surface area contributed by atoms with Gasteiger partial charge >= 0.3 is 5.97 Å². The number of nitrogens with zero attached hydrogens (tertiary/aromatic N) is 2. The Morgan fingerprint density at radius 3 is 2.12 bits per heavy atom. The van der Waals surface area contributed by atoms with Crippen LogP contribution in [0, 0.1) is 56.7 Å². The molecule has 296 valence electrons. The van der Waals surface area contributed by atoms with Gasteiger partial charge in [0, 0.05) is 5.41 Å². The first-order valence-corrected chi connectivity index (χ1v) is 21.4. The van der Waals surface area contributed by atoms with Gasteiger partial charge in [-0.15, -0.1) is 0 Å². The zero-order chi connectivity index (χ0) is 37.4. The molecule has 7 fully saturated rings. The Labute approximate surface area is 316 Å². The summed E-state index contributed by atoms with van der Waals surface area (Å²) in [5.74, 6) is 2.93. The molecule has 11 atom stereocenters. The smallest absolute Gasteiger partial charge is 0.362 e. The zero-order valence-electron chi connectivity index (χ0n) is 34.5. The van der Waals surface area contributed by atoms with E-state index in [0.717, 1.165) is 74.4 Å². The van der Waals surface area contributed by atoms with Crippen LogP contribution in [0.1, 0.15) is 106 Å². The number of hydrogen-bond acceptors (Lipinski definition) is 6. The third kappa shape index (κ3) is 6.47. The fourth-order valence-corrected chi connectivity index (χ4v) is 14.8. The van der Waals surface area contributed by atoms with Gasteiger partial charge in [0.1, 0.15) is 38.8 Å². The van der Waals surface area contributed by atoms with Gasteiger partial charge in [0.2, 0.25) is 6.29 Å². The quantitative estimate of drug-likeness (QED) is 0.121. The van der Waals surface area contributed by atoms with Crippen molar-refractivity contribution < 1.29 is 37.8 Å². The first-order valence-electron chi connectivity index (χ1n) is 21.4. The minimum atomic E-state index is -0.736. The van der Waals surface area contributed by atoms with E-state index in [4.69, 9.17) is 18.9 Å². The molecule has 1 N–H and O–H groups in total. The molecule has 7 aliphatic rings. The molecule has 8 heteroatoms. The molecule has 5 aliphatic carbocycles. The summed E-state index contributed by atoms with van der Waals surface area (Å²) in [4.78, 5) is 13.5. The Bertz CT molecular complexity index is 1340.